The molecule has 2 heteroatoms. The summed E-state index contributed by atoms with van der Waals surface area (Å²) in [5, 5.41) is 5.67. The van der Waals surface area contributed by atoms with E-state index >= 15 is 0 Å². The van der Waals surface area contributed by atoms with E-state index in [0.717, 1.165) is 19.0 Å². The smallest absolute Gasteiger partial charge is 0.0102 e. The minimum absolute atomic E-state index is 0.318. The standard InChI is InChI=1S/C13H23NS/c1-11(2)10-14-8-7-13(3,4)12-6-5-9-15-12/h5-6,9,11,14H,7-8,10H2,1-4H3. The van der Waals surface area contributed by atoms with E-state index in [-0.39, 0.29) is 0 Å². The highest BCUT2D eigenvalue weighted by Crippen LogP contribution is 2.30. The molecule has 0 amide bonds. The second-order valence-corrected chi connectivity index (χ2v) is 6.16. The van der Waals surface area contributed by atoms with Gasteiger partial charge in [0.1, 0.15) is 0 Å². The molecule has 0 unspecified atom stereocenters. The lowest BCUT2D eigenvalue weighted by Crippen LogP contribution is -2.27. The molecule has 15 heavy (non-hydrogen) atoms. The molecule has 1 N–H and O–H groups in total. The lowest BCUT2D eigenvalue weighted by atomic mass is 9.87. The van der Waals surface area contributed by atoms with Gasteiger partial charge in [-0.3, -0.25) is 0 Å². The number of hydrogen-bond donors (Lipinski definition) is 1. The molecular formula is C13H23NS. The van der Waals surface area contributed by atoms with Gasteiger partial charge in [-0.25, -0.2) is 0 Å². The van der Waals surface area contributed by atoms with Crippen molar-refractivity contribution in [3.63, 3.8) is 0 Å². The van der Waals surface area contributed by atoms with Crippen LogP contribution in [0.5, 0.6) is 0 Å². The summed E-state index contributed by atoms with van der Waals surface area (Å²) in [5.41, 5.74) is 0.318. The number of hydrogen-bond acceptors (Lipinski definition) is 2. The van der Waals surface area contributed by atoms with Crippen LogP contribution < -0.4 is 5.32 Å². The zero-order chi connectivity index (χ0) is 11.3. The van der Waals surface area contributed by atoms with Crippen molar-refractivity contribution in [3.05, 3.63) is 22.4 Å². The van der Waals surface area contributed by atoms with E-state index in [4.69, 9.17) is 0 Å². The topological polar surface area (TPSA) is 12.0 Å². The van der Waals surface area contributed by atoms with Crippen molar-refractivity contribution in [2.24, 2.45) is 5.92 Å². The molecule has 1 heterocycles. The van der Waals surface area contributed by atoms with Gasteiger partial charge in [0.05, 0.1) is 0 Å². The Hall–Kier alpha value is -0.340. The largest absolute Gasteiger partial charge is 0.316 e. The first-order valence-corrected chi connectivity index (χ1v) is 6.65. The van der Waals surface area contributed by atoms with Gasteiger partial charge in [0, 0.05) is 10.3 Å². The molecule has 1 rings (SSSR count). The summed E-state index contributed by atoms with van der Waals surface area (Å²) < 4.78 is 0. The van der Waals surface area contributed by atoms with Crippen molar-refractivity contribution in [1.29, 1.82) is 0 Å². The molecule has 0 bridgehead atoms. The van der Waals surface area contributed by atoms with Crippen LogP contribution in [0.2, 0.25) is 0 Å². The molecule has 0 saturated carbocycles. The SMILES string of the molecule is CC(C)CNCCC(C)(C)c1cccs1. The molecule has 1 aromatic heterocycles. The fourth-order valence-corrected chi connectivity index (χ4v) is 2.46. The maximum absolute atomic E-state index is 3.51. The summed E-state index contributed by atoms with van der Waals surface area (Å²) in [4.78, 5) is 1.49. The van der Waals surface area contributed by atoms with E-state index in [0.29, 0.717) is 5.41 Å². The van der Waals surface area contributed by atoms with Gasteiger partial charge < -0.3 is 5.32 Å². The molecule has 1 aromatic rings. The highest BCUT2D eigenvalue weighted by Gasteiger charge is 2.20. The van der Waals surface area contributed by atoms with Crippen molar-refractivity contribution in [2.45, 2.75) is 39.5 Å². The molecule has 0 atom stereocenters. The van der Waals surface area contributed by atoms with Crippen LogP contribution in [0, 0.1) is 5.92 Å². The van der Waals surface area contributed by atoms with Gasteiger partial charge >= 0.3 is 0 Å². The molecule has 86 valence electrons. The maximum atomic E-state index is 3.51. The number of thiophene rings is 1. The lowest BCUT2D eigenvalue weighted by Gasteiger charge is -2.23. The van der Waals surface area contributed by atoms with Crippen LogP contribution in [-0.2, 0) is 5.41 Å². The van der Waals surface area contributed by atoms with Crippen molar-refractivity contribution < 1.29 is 0 Å². The van der Waals surface area contributed by atoms with Crippen molar-refractivity contribution in [2.75, 3.05) is 13.1 Å². The summed E-state index contributed by atoms with van der Waals surface area (Å²) in [6, 6.07) is 4.39. The quantitative estimate of drug-likeness (QED) is 0.729. The highest BCUT2D eigenvalue weighted by molar-refractivity contribution is 7.10. The summed E-state index contributed by atoms with van der Waals surface area (Å²) in [6.45, 7) is 11.4. The third-order valence-corrected chi connectivity index (χ3v) is 3.90. The predicted octanol–water partition coefficient (Wildman–Crippen LogP) is 3.66. The number of nitrogens with one attached hydrogen (secondary N) is 1. The molecule has 1 nitrogen and oxygen atoms in total. The number of rotatable bonds is 6. The zero-order valence-electron chi connectivity index (χ0n) is 10.3. The van der Waals surface area contributed by atoms with Crippen LogP contribution in [-0.4, -0.2) is 13.1 Å². The molecule has 0 radical (unpaired) electrons. The highest BCUT2D eigenvalue weighted by atomic mass is 32.1. The molecule has 0 saturated heterocycles. The van der Waals surface area contributed by atoms with Gasteiger partial charge in [-0.15, -0.1) is 11.3 Å². The molecule has 0 spiro atoms. The third kappa shape index (κ3) is 4.35. The normalized spacial score (nSPS) is 12.3. The molecule has 0 aliphatic rings. The van der Waals surface area contributed by atoms with Crippen LogP contribution in [0.1, 0.15) is 39.0 Å². The predicted molar refractivity (Wildman–Crippen MR) is 69.7 cm³/mol. The first kappa shape index (κ1) is 12.7. The van der Waals surface area contributed by atoms with Crippen LogP contribution in [0.3, 0.4) is 0 Å². The average Bonchev–Trinajstić information content (AvgIpc) is 2.65. The summed E-state index contributed by atoms with van der Waals surface area (Å²) >= 11 is 1.87. The van der Waals surface area contributed by atoms with E-state index in [9.17, 15) is 0 Å². The molecule has 0 aromatic carbocycles. The molecular weight excluding hydrogens is 202 g/mol. The van der Waals surface area contributed by atoms with Gasteiger partial charge in [-0.2, -0.15) is 0 Å². The molecule has 0 aliphatic carbocycles. The summed E-state index contributed by atoms with van der Waals surface area (Å²) in [6.07, 6.45) is 1.21. The Morgan fingerprint density at radius 3 is 2.67 bits per heavy atom. The Labute approximate surface area is 97.9 Å². The Morgan fingerprint density at radius 1 is 1.40 bits per heavy atom. The average molecular weight is 225 g/mol. The van der Waals surface area contributed by atoms with Gasteiger partial charge in [-0.05, 0) is 36.9 Å². The fraction of sp³-hybridized carbons (Fsp3) is 0.692. The van der Waals surface area contributed by atoms with E-state index in [1.807, 2.05) is 11.3 Å². The van der Waals surface area contributed by atoms with Crippen LogP contribution in [0.15, 0.2) is 17.5 Å². The monoisotopic (exact) mass is 225 g/mol. The van der Waals surface area contributed by atoms with Gasteiger partial charge in [0.25, 0.3) is 0 Å². The fourth-order valence-electron chi connectivity index (χ4n) is 1.58. The molecule has 0 aliphatic heterocycles. The van der Waals surface area contributed by atoms with Crippen molar-refractivity contribution in [1.82, 2.24) is 5.32 Å². The molecule has 0 fully saturated rings. The van der Waals surface area contributed by atoms with Crippen LogP contribution in [0.25, 0.3) is 0 Å². The van der Waals surface area contributed by atoms with E-state index in [1.54, 1.807) is 0 Å². The van der Waals surface area contributed by atoms with Crippen molar-refractivity contribution >= 4 is 11.3 Å². The Kier molecular flexibility index (Phi) is 4.81. The first-order chi connectivity index (χ1) is 7.02. The Bertz CT molecular complexity index is 262. The summed E-state index contributed by atoms with van der Waals surface area (Å²) in [7, 11) is 0. The van der Waals surface area contributed by atoms with Gasteiger partial charge in [0.2, 0.25) is 0 Å². The zero-order valence-corrected chi connectivity index (χ0v) is 11.2. The van der Waals surface area contributed by atoms with E-state index in [1.165, 1.54) is 11.3 Å². The van der Waals surface area contributed by atoms with E-state index in [2.05, 4.69) is 50.5 Å². The van der Waals surface area contributed by atoms with Crippen LogP contribution >= 0.6 is 11.3 Å². The summed E-state index contributed by atoms with van der Waals surface area (Å²) in [5.74, 6) is 0.745. The Balaban J connectivity index is 2.31. The van der Waals surface area contributed by atoms with E-state index < -0.39 is 0 Å². The Morgan fingerprint density at radius 2 is 2.13 bits per heavy atom. The maximum Gasteiger partial charge on any atom is 0.0102 e. The minimum Gasteiger partial charge on any atom is -0.316 e. The van der Waals surface area contributed by atoms with Gasteiger partial charge in [-0.1, -0.05) is 33.8 Å². The third-order valence-electron chi connectivity index (χ3n) is 2.67. The second kappa shape index (κ2) is 5.66. The van der Waals surface area contributed by atoms with Crippen molar-refractivity contribution in [3.8, 4) is 0 Å². The first-order valence-electron chi connectivity index (χ1n) is 5.77. The van der Waals surface area contributed by atoms with Crippen LogP contribution in [0.4, 0.5) is 0 Å². The minimum atomic E-state index is 0.318. The van der Waals surface area contributed by atoms with Gasteiger partial charge in [0.15, 0.2) is 0 Å². The lowest BCUT2D eigenvalue weighted by molar-refractivity contribution is 0.448. The second-order valence-electron chi connectivity index (χ2n) is 5.21.